The Labute approximate surface area is 114 Å². The number of carbonyl (C=O) groups excluding carboxylic acids is 1. The molecule has 0 aromatic heterocycles. The Balaban J connectivity index is 2.89. The fraction of sp³-hybridized carbons (Fsp3) is 0.462. The van der Waals surface area contributed by atoms with E-state index in [2.05, 4.69) is 5.32 Å². The second-order valence-electron chi connectivity index (χ2n) is 4.16. The molecule has 0 saturated carbocycles. The van der Waals surface area contributed by atoms with Gasteiger partial charge in [-0.05, 0) is 19.1 Å². The molecule has 0 aliphatic carbocycles. The van der Waals surface area contributed by atoms with Crippen LogP contribution in [0.3, 0.4) is 0 Å². The van der Waals surface area contributed by atoms with E-state index in [0.29, 0.717) is 12.2 Å². The lowest BCUT2D eigenvalue weighted by Gasteiger charge is -2.16. The largest absolute Gasteiger partial charge is 0.375 e. The highest BCUT2D eigenvalue weighted by molar-refractivity contribution is 7.91. The number of hydrogen-bond donors (Lipinski definition) is 1. The highest BCUT2D eigenvalue weighted by atomic mass is 32.2. The van der Waals surface area contributed by atoms with Gasteiger partial charge in [0.1, 0.15) is 0 Å². The lowest BCUT2D eigenvalue weighted by atomic mass is 10.3. The first kappa shape index (κ1) is 15.5. The van der Waals surface area contributed by atoms with E-state index in [9.17, 15) is 13.2 Å². The standard InChI is InChI=1S/C13H20N2O3S/c1-4-15(3)13(16)10-14-11-8-6-7-9-12(11)19(17,18)5-2/h6-9,14H,4-5,10H2,1-3H3. The molecule has 0 aliphatic heterocycles. The molecule has 0 bridgehead atoms. The number of hydrogen-bond acceptors (Lipinski definition) is 4. The summed E-state index contributed by atoms with van der Waals surface area (Å²) in [4.78, 5) is 13.5. The third-order valence-corrected chi connectivity index (χ3v) is 4.72. The summed E-state index contributed by atoms with van der Waals surface area (Å²) in [7, 11) is -1.58. The number of sulfone groups is 1. The number of anilines is 1. The molecule has 0 fully saturated rings. The molecule has 0 heterocycles. The Hall–Kier alpha value is -1.56. The van der Waals surface area contributed by atoms with Crippen LogP contribution in [0.25, 0.3) is 0 Å². The van der Waals surface area contributed by atoms with Crippen LogP contribution in [0.5, 0.6) is 0 Å². The van der Waals surface area contributed by atoms with Gasteiger partial charge >= 0.3 is 0 Å². The summed E-state index contributed by atoms with van der Waals surface area (Å²) in [6.45, 7) is 4.19. The van der Waals surface area contributed by atoms with Gasteiger partial charge in [0.2, 0.25) is 5.91 Å². The number of para-hydroxylation sites is 1. The number of rotatable bonds is 6. The van der Waals surface area contributed by atoms with E-state index < -0.39 is 9.84 Å². The summed E-state index contributed by atoms with van der Waals surface area (Å²) in [5, 5.41) is 2.90. The molecule has 0 unspecified atom stereocenters. The SMILES string of the molecule is CCN(C)C(=O)CNc1ccccc1S(=O)(=O)CC. The predicted octanol–water partition coefficient (Wildman–Crippen LogP) is 1.37. The van der Waals surface area contributed by atoms with E-state index in [4.69, 9.17) is 0 Å². The third kappa shape index (κ3) is 3.96. The van der Waals surface area contributed by atoms with Gasteiger partial charge < -0.3 is 10.2 Å². The summed E-state index contributed by atoms with van der Waals surface area (Å²) < 4.78 is 23.8. The van der Waals surface area contributed by atoms with Gasteiger partial charge in [-0.15, -0.1) is 0 Å². The van der Waals surface area contributed by atoms with Gasteiger partial charge in [0.05, 0.1) is 22.9 Å². The van der Waals surface area contributed by atoms with Gasteiger partial charge in [0.15, 0.2) is 9.84 Å². The lowest BCUT2D eigenvalue weighted by Crippen LogP contribution is -2.32. The Morgan fingerprint density at radius 1 is 1.26 bits per heavy atom. The second-order valence-corrected chi connectivity index (χ2v) is 6.41. The van der Waals surface area contributed by atoms with Gasteiger partial charge in [0.25, 0.3) is 0 Å². The molecule has 1 aromatic carbocycles. The highest BCUT2D eigenvalue weighted by Crippen LogP contribution is 2.21. The molecule has 5 nitrogen and oxygen atoms in total. The van der Waals surface area contributed by atoms with Crippen molar-refractivity contribution in [3.63, 3.8) is 0 Å². The van der Waals surface area contributed by atoms with Crippen LogP contribution in [0.4, 0.5) is 5.69 Å². The van der Waals surface area contributed by atoms with Crippen molar-refractivity contribution in [2.45, 2.75) is 18.7 Å². The minimum Gasteiger partial charge on any atom is -0.375 e. The fourth-order valence-electron chi connectivity index (χ4n) is 1.52. The molecule has 0 spiro atoms. The first-order valence-electron chi connectivity index (χ1n) is 6.22. The molecule has 0 saturated heterocycles. The van der Waals surface area contributed by atoms with Crippen molar-refractivity contribution < 1.29 is 13.2 Å². The van der Waals surface area contributed by atoms with Crippen LogP contribution in [0.15, 0.2) is 29.2 Å². The smallest absolute Gasteiger partial charge is 0.241 e. The molecular weight excluding hydrogens is 264 g/mol. The van der Waals surface area contributed by atoms with Crippen molar-refractivity contribution in [2.24, 2.45) is 0 Å². The van der Waals surface area contributed by atoms with Crippen LogP contribution in [-0.4, -0.2) is 45.1 Å². The Morgan fingerprint density at radius 3 is 2.47 bits per heavy atom. The number of likely N-dealkylation sites (N-methyl/N-ethyl adjacent to an activating group) is 1. The van der Waals surface area contributed by atoms with Gasteiger partial charge in [-0.25, -0.2) is 8.42 Å². The Bertz CT molecular complexity index is 541. The van der Waals surface area contributed by atoms with Crippen molar-refractivity contribution >= 4 is 21.4 Å². The summed E-state index contributed by atoms with van der Waals surface area (Å²) in [5.41, 5.74) is 0.474. The maximum absolute atomic E-state index is 11.9. The number of nitrogens with one attached hydrogen (secondary N) is 1. The molecule has 1 rings (SSSR count). The summed E-state index contributed by atoms with van der Waals surface area (Å²) in [6, 6.07) is 6.63. The van der Waals surface area contributed by atoms with E-state index in [1.807, 2.05) is 6.92 Å². The van der Waals surface area contributed by atoms with Gasteiger partial charge in [-0.2, -0.15) is 0 Å². The number of nitrogens with zero attached hydrogens (tertiary/aromatic N) is 1. The number of benzene rings is 1. The average Bonchev–Trinajstić information content (AvgIpc) is 2.44. The van der Waals surface area contributed by atoms with Crippen molar-refractivity contribution in [3.8, 4) is 0 Å². The normalized spacial score (nSPS) is 11.1. The molecule has 0 aliphatic rings. The first-order valence-corrected chi connectivity index (χ1v) is 7.87. The van der Waals surface area contributed by atoms with Crippen molar-refractivity contribution in [1.82, 2.24) is 4.90 Å². The zero-order valence-corrected chi connectivity index (χ0v) is 12.3. The van der Waals surface area contributed by atoms with Crippen molar-refractivity contribution in [2.75, 3.05) is 31.2 Å². The molecule has 1 amide bonds. The Kier molecular flexibility index (Phi) is 5.35. The maximum Gasteiger partial charge on any atom is 0.241 e. The predicted molar refractivity (Wildman–Crippen MR) is 76.0 cm³/mol. The second kappa shape index (κ2) is 6.56. The van der Waals surface area contributed by atoms with E-state index in [-0.39, 0.29) is 23.1 Å². The van der Waals surface area contributed by atoms with Gasteiger partial charge in [-0.1, -0.05) is 19.1 Å². The molecule has 0 radical (unpaired) electrons. The minimum atomic E-state index is -3.29. The van der Waals surface area contributed by atoms with Gasteiger partial charge in [0, 0.05) is 13.6 Å². The molecule has 0 atom stereocenters. The molecular formula is C13H20N2O3S. The van der Waals surface area contributed by atoms with Gasteiger partial charge in [-0.3, -0.25) is 4.79 Å². The van der Waals surface area contributed by atoms with Crippen LogP contribution in [0, 0.1) is 0 Å². The monoisotopic (exact) mass is 284 g/mol. The average molecular weight is 284 g/mol. The minimum absolute atomic E-state index is 0.0362. The summed E-state index contributed by atoms with van der Waals surface area (Å²) in [6.07, 6.45) is 0. The van der Waals surface area contributed by atoms with Crippen LogP contribution >= 0.6 is 0 Å². The first-order chi connectivity index (χ1) is 8.92. The number of amides is 1. The van der Waals surface area contributed by atoms with Crippen LogP contribution in [-0.2, 0) is 14.6 Å². The highest BCUT2D eigenvalue weighted by Gasteiger charge is 2.16. The molecule has 1 aromatic rings. The van der Waals surface area contributed by atoms with Crippen LogP contribution in [0.2, 0.25) is 0 Å². The summed E-state index contributed by atoms with van der Waals surface area (Å²) >= 11 is 0. The fourth-order valence-corrected chi connectivity index (χ4v) is 2.59. The maximum atomic E-state index is 11.9. The topological polar surface area (TPSA) is 66.5 Å². The van der Waals surface area contributed by atoms with Crippen LogP contribution < -0.4 is 5.32 Å². The van der Waals surface area contributed by atoms with E-state index >= 15 is 0 Å². The summed E-state index contributed by atoms with van der Waals surface area (Å²) in [5.74, 6) is -0.0414. The van der Waals surface area contributed by atoms with E-state index in [0.717, 1.165) is 0 Å². The van der Waals surface area contributed by atoms with Crippen molar-refractivity contribution in [3.05, 3.63) is 24.3 Å². The third-order valence-electron chi connectivity index (χ3n) is 2.93. The number of carbonyl (C=O) groups is 1. The Morgan fingerprint density at radius 2 is 1.89 bits per heavy atom. The zero-order chi connectivity index (χ0) is 14.5. The molecule has 1 N–H and O–H groups in total. The molecule has 19 heavy (non-hydrogen) atoms. The van der Waals surface area contributed by atoms with Crippen LogP contribution in [0.1, 0.15) is 13.8 Å². The lowest BCUT2D eigenvalue weighted by molar-refractivity contribution is -0.127. The molecule has 106 valence electrons. The van der Waals surface area contributed by atoms with E-state index in [1.54, 1.807) is 43.1 Å². The molecule has 6 heteroatoms. The zero-order valence-electron chi connectivity index (χ0n) is 11.5. The quantitative estimate of drug-likeness (QED) is 0.857. The van der Waals surface area contributed by atoms with Crippen molar-refractivity contribution in [1.29, 1.82) is 0 Å². The van der Waals surface area contributed by atoms with E-state index in [1.165, 1.54) is 0 Å².